The molecule has 1 N–H and O–H groups in total. The number of furan rings is 1. The SMILES string of the molecule is COC(=O)[C@]1(O)[C@H](OC(C)=O)CC[C@@H]2[C@]3(C[C@@H](c4ccoc4)OC3=O)C(C)=CC[C@@]21C(=O)OC. The molecule has 2 fully saturated rings. The van der Waals surface area contributed by atoms with Gasteiger partial charge in [0.05, 0.1) is 32.2 Å². The maximum absolute atomic E-state index is 13.6. The molecule has 1 spiro atoms. The van der Waals surface area contributed by atoms with Gasteiger partial charge >= 0.3 is 23.9 Å². The van der Waals surface area contributed by atoms with Gasteiger partial charge in [0.15, 0.2) is 0 Å². The van der Waals surface area contributed by atoms with Crippen LogP contribution >= 0.6 is 0 Å². The Hall–Kier alpha value is -3.14. The van der Waals surface area contributed by atoms with Crippen LogP contribution in [0.25, 0.3) is 0 Å². The first kappa shape index (κ1) is 24.0. The van der Waals surface area contributed by atoms with E-state index in [0.717, 1.165) is 21.1 Å². The van der Waals surface area contributed by atoms with E-state index in [2.05, 4.69) is 0 Å². The number of rotatable bonds is 4. The van der Waals surface area contributed by atoms with Gasteiger partial charge in [-0.1, -0.05) is 11.6 Å². The topological polar surface area (TPSA) is 139 Å². The zero-order valence-corrected chi connectivity index (χ0v) is 19.5. The van der Waals surface area contributed by atoms with E-state index >= 15 is 0 Å². The molecule has 1 saturated carbocycles. The monoisotopic (exact) mass is 476 g/mol. The van der Waals surface area contributed by atoms with Crippen molar-refractivity contribution in [3.63, 3.8) is 0 Å². The Kier molecular flexibility index (Phi) is 5.83. The van der Waals surface area contributed by atoms with Crippen LogP contribution in [0.2, 0.25) is 0 Å². The van der Waals surface area contributed by atoms with Gasteiger partial charge in [0.1, 0.15) is 17.6 Å². The van der Waals surface area contributed by atoms with Crippen molar-refractivity contribution in [3.05, 3.63) is 35.8 Å². The summed E-state index contributed by atoms with van der Waals surface area (Å²) in [7, 11) is 2.21. The second-order valence-corrected chi connectivity index (χ2v) is 9.17. The van der Waals surface area contributed by atoms with Crippen molar-refractivity contribution in [1.29, 1.82) is 0 Å². The average molecular weight is 476 g/mol. The lowest BCUT2D eigenvalue weighted by atomic mass is 9.44. The molecule has 3 aliphatic rings. The number of methoxy groups -OCH3 is 2. The number of carbonyl (C=O) groups excluding carboxylic acids is 4. The fourth-order valence-electron chi connectivity index (χ4n) is 6.34. The molecule has 1 aromatic heterocycles. The molecule has 1 saturated heterocycles. The summed E-state index contributed by atoms with van der Waals surface area (Å²) < 4.78 is 26.3. The molecule has 10 heteroatoms. The Balaban J connectivity index is 1.93. The first-order chi connectivity index (χ1) is 16.1. The summed E-state index contributed by atoms with van der Waals surface area (Å²) >= 11 is 0. The van der Waals surface area contributed by atoms with E-state index in [1.807, 2.05) is 0 Å². The lowest BCUT2D eigenvalue weighted by molar-refractivity contribution is -0.247. The van der Waals surface area contributed by atoms with E-state index in [-0.39, 0.29) is 25.7 Å². The molecule has 0 bridgehead atoms. The molecule has 10 nitrogen and oxygen atoms in total. The van der Waals surface area contributed by atoms with Crippen LogP contribution in [0.15, 0.2) is 34.7 Å². The van der Waals surface area contributed by atoms with Crippen molar-refractivity contribution in [3.8, 4) is 0 Å². The smallest absolute Gasteiger partial charge is 0.343 e. The predicted octanol–water partition coefficient (Wildman–Crippen LogP) is 2.01. The Labute approximate surface area is 196 Å². The molecular formula is C24H28O10. The summed E-state index contributed by atoms with van der Waals surface area (Å²) in [6, 6.07) is 1.69. The molecule has 2 heterocycles. The number of hydrogen-bond donors (Lipinski definition) is 1. The van der Waals surface area contributed by atoms with Crippen molar-refractivity contribution < 1.29 is 47.6 Å². The second kappa shape index (κ2) is 8.26. The predicted molar refractivity (Wildman–Crippen MR) is 113 cm³/mol. The van der Waals surface area contributed by atoms with E-state index in [0.29, 0.717) is 11.1 Å². The summed E-state index contributed by atoms with van der Waals surface area (Å²) in [5, 5.41) is 12.0. The van der Waals surface area contributed by atoms with Gasteiger partial charge in [-0.2, -0.15) is 0 Å². The summed E-state index contributed by atoms with van der Waals surface area (Å²) in [4.78, 5) is 52.1. The van der Waals surface area contributed by atoms with E-state index < -0.39 is 58.4 Å². The van der Waals surface area contributed by atoms with Crippen molar-refractivity contribution in [2.45, 2.75) is 57.3 Å². The number of fused-ring (bicyclic) bond motifs is 2. The standard InChI is InChI=1S/C24H28O10/c1-13-7-9-23(20(27)30-3)17(5-6-18(33-14(2)25)24(23,29)21(28)31-4)22(13)11-16(34-19(22)26)15-8-10-32-12-15/h7-8,10,12,16-18,29H,5-6,9,11H2,1-4H3/t16-,17+,18+,22-,23-,24+/m0/s1. The van der Waals surface area contributed by atoms with Crippen LogP contribution in [0.3, 0.4) is 0 Å². The number of hydrogen-bond acceptors (Lipinski definition) is 10. The minimum Gasteiger partial charge on any atom is -0.472 e. The number of carbonyl (C=O) groups is 4. The van der Waals surface area contributed by atoms with Crippen LogP contribution < -0.4 is 0 Å². The van der Waals surface area contributed by atoms with Crippen LogP contribution in [-0.4, -0.2) is 54.9 Å². The Morgan fingerprint density at radius 2 is 1.85 bits per heavy atom. The Morgan fingerprint density at radius 1 is 1.15 bits per heavy atom. The van der Waals surface area contributed by atoms with Crippen LogP contribution in [0.5, 0.6) is 0 Å². The lowest BCUT2D eigenvalue weighted by Gasteiger charge is -2.58. The van der Waals surface area contributed by atoms with Gasteiger partial charge in [-0.25, -0.2) is 4.79 Å². The first-order valence-electron chi connectivity index (χ1n) is 11.1. The van der Waals surface area contributed by atoms with Gasteiger partial charge in [-0.3, -0.25) is 14.4 Å². The zero-order chi connectivity index (χ0) is 24.9. The van der Waals surface area contributed by atoms with Crippen molar-refractivity contribution >= 4 is 23.9 Å². The molecule has 0 aromatic carbocycles. The maximum atomic E-state index is 13.6. The highest BCUT2D eigenvalue weighted by atomic mass is 16.6. The molecule has 184 valence electrons. The molecule has 0 unspecified atom stereocenters. The molecule has 4 rings (SSSR count). The Morgan fingerprint density at radius 3 is 2.44 bits per heavy atom. The summed E-state index contributed by atoms with van der Waals surface area (Å²) in [6.07, 6.45) is 2.84. The lowest BCUT2D eigenvalue weighted by Crippen LogP contribution is -2.73. The summed E-state index contributed by atoms with van der Waals surface area (Å²) in [6.45, 7) is 2.92. The van der Waals surface area contributed by atoms with Gasteiger partial charge in [0.2, 0.25) is 5.60 Å². The molecule has 1 aromatic rings. The molecule has 2 aliphatic carbocycles. The highest BCUT2D eigenvalue weighted by Gasteiger charge is 2.78. The average Bonchev–Trinajstić information content (AvgIpc) is 3.46. The zero-order valence-electron chi connectivity index (χ0n) is 19.5. The molecular weight excluding hydrogens is 448 g/mol. The minimum atomic E-state index is -2.60. The van der Waals surface area contributed by atoms with Gasteiger partial charge in [0.25, 0.3) is 0 Å². The third-order valence-electron chi connectivity index (χ3n) is 7.88. The van der Waals surface area contributed by atoms with Gasteiger partial charge in [-0.05, 0) is 38.2 Å². The van der Waals surface area contributed by atoms with E-state index in [1.54, 1.807) is 19.1 Å². The first-order valence-corrected chi connectivity index (χ1v) is 11.1. The third kappa shape index (κ3) is 2.97. The van der Waals surface area contributed by atoms with Gasteiger partial charge in [0, 0.05) is 18.9 Å². The Bertz CT molecular complexity index is 1040. The number of ether oxygens (including phenoxy) is 4. The molecule has 6 atom stereocenters. The van der Waals surface area contributed by atoms with E-state index in [9.17, 15) is 24.3 Å². The number of esters is 4. The van der Waals surface area contributed by atoms with Crippen LogP contribution in [0.1, 0.15) is 51.2 Å². The van der Waals surface area contributed by atoms with Crippen LogP contribution in [0.4, 0.5) is 0 Å². The number of cyclic esters (lactones) is 1. The van der Waals surface area contributed by atoms with Crippen LogP contribution in [-0.2, 0) is 38.1 Å². The largest absolute Gasteiger partial charge is 0.472 e. The van der Waals surface area contributed by atoms with Crippen LogP contribution in [0, 0.1) is 16.7 Å². The fourth-order valence-corrected chi connectivity index (χ4v) is 6.34. The maximum Gasteiger partial charge on any atom is 0.343 e. The minimum absolute atomic E-state index is 0.0211. The second-order valence-electron chi connectivity index (χ2n) is 9.17. The van der Waals surface area contributed by atoms with Crippen molar-refractivity contribution in [2.24, 2.45) is 16.7 Å². The van der Waals surface area contributed by atoms with E-state index in [4.69, 9.17) is 23.4 Å². The van der Waals surface area contributed by atoms with Gasteiger partial charge < -0.3 is 28.5 Å². The molecule has 0 radical (unpaired) electrons. The fraction of sp³-hybridized carbons (Fsp3) is 0.583. The van der Waals surface area contributed by atoms with Crippen molar-refractivity contribution in [2.75, 3.05) is 14.2 Å². The third-order valence-corrected chi connectivity index (χ3v) is 7.88. The summed E-state index contributed by atoms with van der Waals surface area (Å²) in [5.74, 6) is -4.23. The highest BCUT2D eigenvalue weighted by molar-refractivity contribution is 5.95. The number of allylic oxidation sites excluding steroid dienone is 1. The molecule has 0 amide bonds. The number of aliphatic hydroxyl groups is 1. The van der Waals surface area contributed by atoms with Gasteiger partial charge in [-0.15, -0.1) is 0 Å². The van der Waals surface area contributed by atoms with E-state index in [1.165, 1.54) is 12.5 Å². The quantitative estimate of drug-likeness (QED) is 0.390. The van der Waals surface area contributed by atoms with Crippen molar-refractivity contribution in [1.82, 2.24) is 0 Å². The molecule has 1 aliphatic heterocycles. The normalized spacial score (nSPS) is 36.8. The highest BCUT2D eigenvalue weighted by Crippen LogP contribution is 2.67. The molecule has 34 heavy (non-hydrogen) atoms. The summed E-state index contributed by atoms with van der Waals surface area (Å²) in [5.41, 5.74) is -4.55.